The molecule has 19 heavy (non-hydrogen) atoms. The highest BCUT2D eigenvalue weighted by Gasteiger charge is 2.01. The van der Waals surface area contributed by atoms with Gasteiger partial charge < -0.3 is 10.8 Å². The van der Waals surface area contributed by atoms with Crippen LogP contribution in [0.15, 0.2) is 29.4 Å². The zero-order valence-electron chi connectivity index (χ0n) is 10.1. The second-order valence-electron chi connectivity index (χ2n) is 3.69. The van der Waals surface area contributed by atoms with Gasteiger partial charge in [0, 0.05) is 6.42 Å². The number of hydrazone groups is 1. The van der Waals surface area contributed by atoms with E-state index in [4.69, 9.17) is 21.5 Å². The lowest BCUT2D eigenvalue weighted by Crippen LogP contribution is -2.21. The fraction of sp³-hybridized carbons (Fsp3) is 0.167. The van der Waals surface area contributed by atoms with E-state index in [9.17, 15) is 4.79 Å². The zero-order valence-corrected chi connectivity index (χ0v) is 10.1. The number of nitrogens with zero attached hydrogens (tertiary/aromatic N) is 2. The standard InChI is InChI=1S/C12H13N5O2/c13-7-10(12(14)15)17-16-9-4-1-8(2-5-9)3-6-11(18)19/h1-2,4-5,16H,3,6H2,(H3,14,15)(H,18,19)/b17-10+. The Kier molecular flexibility index (Phi) is 5.04. The highest BCUT2D eigenvalue weighted by atomic mass is 16.4. The van der Waals surface area contributed by atoms with E-state index in [1.54, 1.807) is 30.3 Å². The Hall–Kier alpha value is -2.88. The highest BCUT2D eigenvalue weighted by molar-refractivity contribution is 6.45. The Morgan fingerprint density at radius 1 is 1.47 bits per heavy atom. The summed E-state index contributed by atoms with van der Waals surface area (Å²) in [6.45, 7) is 0. The maximum atomic E-state index is 10.4. The van der Waals surface area contributed by atoms with Crippen molar-refractivity contribution >= 4 is 23.2 Å². The molecule has 0 saturated carbocycles. The summed E-state index contributed by atoms with van der Waals surface area (Å²) in [6, 6.07) is 8.63. The third kappa shape index (κ3) is 4.87. The summed E-state index contributed by atoms with van der Waals surface area (Å²) in [5.74, 6) is -1.25. The molecule has 0 spiro atoms. The minimum atomic E-state index is -0.841. The van der Waals surface area contributed by atoms with Crippen molar-refractivity contribution in [2.24, 2.45) is 10.8 Å². The first-order chi connectivity index (χ1) is 9.02. The molecule has 0 atom stereocenters. The molecule has 1 aromatic carbocycles. The lowest BCUT2D eigenvalue weighted by atomic mass is 10.1. The van der Waals surface area contributed by atoms with Gasteiger partial charge in [0.1, 0.15) is 6.07 Å². The van der Waals surface area contributed by atoms with Gasteiger partial charge in [-0.15, -0.1) is 0 Å². The summed E-state index contributed by atoms with van der Waals surface area (Å²) in [5.41, 5.74) is 9.05. The third-order valence-corrected chi connectivity index (χ3v) is 2.24. The van der Waals surface area contributed by atoms with Crippen molar-refractivity contribution in [3.05, 3.63) is 29.8 Å². The Balaban J connectivity index is 2.65. The van der Waals surface area contributed by atoms with Crippen molar-refractivity contribution in [2.45, 2.75) is 12.8 Å². The molecule has 7 nitrogen and oxygen atoms in total. The number of carboxylic acids is 1. The van der Waals surface area contributed by atoms with Gasteiger partial charge in [0.25, 0.3) is 0 Å². The molecule has 0 bridgehead atoms. The van der Waals surface area contributed by atoms with Crippen molar-refractivity contribution in [3.8, 4) is 6.07 Å². The normalized spacial score (nSPS) is 10.6. The van der Waals surface area contributed by atoms with E-state index >= 15 is 0 Å². The topological polar surface area (TPSA) is 135 Å². The molecule has 0 amide bonds. The number of aryl methyl sites for hydroxylation is 1. The van der Waals surface area contributed by atoms with Crippen LogP contribution in [-0.4, -0.2) is 22.6 Å². The number of carbonyl (C=O) groups is 1. The minimum absolute atomic E-state index is 0.0772. The molecule has 5 N–H and O–H groups in total. The molecule has 0 aliphatic heterocycles. The molecule has 0 aliphatic rings. The number of carboxylic acid groups (broad SMARTS) is 1. The predicted molar refractivity (Wildman–Crippen MR) is 71.0 cm³/mol. The molecule has 1 rings (SSSR count). The first-order valence-electron chi connectivity index (χ1n) is 5.42. The van der Waals surface area contributed by atoms with Crippen molar-refractivity contribution in [1.82, 2.24) is 0 Å². The second kappa shape index (κ2) is 6.76. The largest absolute Gasteiger partial charge is 0.481 e. The number of amidine groups is 1. The smallest absolute Gasteiger partial charge is 0.303 e. The molecule has 7 heteroatoms. The van der Waals surface area contributed by atoms with E-state index in [2.05, 4.69) is 10.5 Å². The molecule has 0 aromatic heterocycles. The van der Waals surface area contributed by atoms with Gasteiger partial charge in [-0.3, -0.25) is 15.6 Å². The van der Waals surface area contributed by atoms with E-state index in [1.165, 1.54) is 0 Å². The number of anilines is 1. The molecule has 0 saturated heterocycles. The van der Waals surface area contributed by atoms with Gasteiger partial charge in [-0.05, 0) is 24.1 Å². The summed E-state index contributed by atoms with van der Waals surface area (Å²) in [5, 5.41) is 28.0. The summed E-state index contributed by atoms with van der Waals surface area (Å²) in [7, 11) is 0. The Bertz CT molecular complexity index is 542. The Labute approximate surface area is 109 Å². The van der Waals surface area contributed by atoms with Gasteiger partial charge in [-0.25, -0.2) is 0 Å². The van der Waals surface area contributed by atoms with Crippen LogP contribution in [0.4, 0.5) is 5.69 Å². The average Bonchev–Trinajstić information content (AvgIpc) is 2.38. The maximum absolute atomic E-state index is 10.4. The summed E-state index contributed by atoms with van der Waals surface area (Å²) in [6.07, 6.45) is 0.531. The van der Waals surface area contributed by atoms with Crippen LogP contribution in [0, 0.1) is 16.7 Å². The first-order valence-corrected chi connectivity index (χ1v) is 5.42. The zero-order chi connectivity index (χ0) is 14.3. The quantitative estimate of drug-likeness (QED) is 0.342. The lowest BCUT2D eigenvalue weighted by Gasteiger charge is -2.03. The fourth-order valence-corrected chi connectivity index (χ4v) is 1.26. The Morgan fingerprint density at radius 2 is 2.11 bits per heavy atom. The van der Waals surface area contributed by atoms with E-state index in [0.717, 1.165) is 5.56 Å². The van der Waals surface area contributed by atoms with Crippen LogP contribution in [0.3, 0.4) is 0 Å². The number of hydrogen-bond donors (Lipinski definition) is 4. The molecule has 0 fully saturated rings. The molecule has 0 aliphatic carbocycles. The van der Waals surface area contributed by atoms with Crippen LogP contribution >= 0.6 is 0 Å². The van der Waals surface area contributed by atoms with Crippen LogP contribution in [0.2, 0.25) is 0 Å². The Morgan fingerprint density at radius 3 is 2.58 bits per heavy atom. The van der Waals surface area contributed by atoms with Crippen molar-refractivity contribution < 1.29 is 9.90 Å². The second-order valence-corrected chi connectivity index (χ2v) is 3.69. The van der Waals surface area contributed by atoms with Gasteiger partial charge in [0.05, 0.1) is 5.69 Å². The lowest BCUT2D eigenvalue weighted by molar-refractivity contribution is -0.136. The number of benzene rings is 1. The van der Waals surface area contributed by atoms with E-state index in [1.807, 2.05) is 0 Å². The van der Waals surface area contributed by atoms with E-state index < -0.39 is 11.8 Å². The molecular weight excluding hydrogens is 246 g/mol. The number of nitrogens with two attached hydrogens (primary N) is 1. The fourth-order valence-electron chi connectivity index (χ4n) is 1.26. The monoisotopic (exact) mass is 259 g/mol. The molecule has 0 radical (unpaired) electrons. The molecule has 1 aromatic rings. The molecule has 98 valence electrons. The first kappa shape index (κ1) is 14.2. The van der Waals surface area contributed by atoms with Crippen LogP contribution in [0.1, 0.15) is 12.0 Å². The number of nitriles is 1. The van der Waals surface area contributed by atoms with Crippen LogP contribution in [0.5, 0.6) is 0 Å². The number of hydrogen-bond acceptors (Lipinski definition) is 5. The van der Waals surface area contributed by atoms with Gasteiger partial charge in [-0.2, -0.15) is 10.4 Å². The molecular formula is C12H13N5O2. The summed E-state index contributed by atoms with van der Waals surface area (Å²) in [4.78, 5) is 10.4. The van der Waals surface area contributed by atoms with Gasteiger partial charge in [0.2, 0.25) is 5.71 Å². The maximum Gasteiger partial charge on any atom is 0.303 e. The van der Waals surface area contributed by atoms with E-state index in [-0.39, 0.29) is 12.1 Å². The van der Waals surface area contributed by atoms with Gasteiger partial charge in [-0.1, -0.05) is 12.1 Å². The van der Waals surface area contributed by atoms with Crippen LogP contribution in [-0.2, 0) is 11.2 Å². The molecule has 0 unspecified atom stereocenters. The van der Waals surface area contributed by atoms with Crippen molar-refractivity contribution in [1.29, 1.82) is 10.7 Å². The minimum Gasteiger partial charge on any atom is -0.481 e. The molecule has 0 heterocycles. The SMILES string of the molecule is N#C/C(=N\Nc1ccc(CCC(=O)O)cc1)C(=N)N. The summed E-state index contributed by atoms with van der Waals surface area (Å²) < 4.78 is 0. The van der Waals surface area contributed by atoms with Crippen molar-refractivity contribution in [2.75, 3.05) is 5.43 Å². The number of rotatable bonds is 6. The van der Waals surface area contributed by atoms with E-state index in [0.29, 0.717) is 12.1 Å². The van der Waals surface area contributed by atoms with Crippen LogP contribution in [0.25, 0.3) is 0 Å². The number of aliphatic carboxylic acids is 1. The summed E-state index contributed by atoms with van der Waals surface area (Å²) >= 11 is 0. The highest BCUT2D eigenvalue weighted by Crippen LogP contribution is 2.11. The third-order valence-electron chi connectivity index (χ3n) is 2.24. The van der Waals surface area contributed by atoms with Gasteiger partial charge in [0.15, 0.2) is 5.84 Å². The average molecular weight is 259 g/mol. The van der Waals surface area contributed by atoms with Crippen molar-refractivity contribution in [3.63, 3.8) is 0 Å². The van der Waals surface area contributed by atoms with Crippen LogP contribution < -0.4 is 11.2 Å². The predicted octanol–water partition coefficient (Wildman–Crippen LogP) is 0.931. The van der Waals surface area contributed by atoms with Gasteiger partial charge >= 0.3 is 5.97 Å². The number of nitrogens with one attached hydrogen (secondary N) is 2.